The maximum atomic E-state index is 13.0. The average Bonchev–Trinajstić information content (AvgIpc) is 2.65. The molecule has 2 rings (SSSR count). The fourth-order valence-electron chi connectivity index (χ4n) is 4.10. The molecular weight excluding hydrogens is 368 g/mol. The van der Waals surface area contributed by atoms with E-state index in [1.807, 2.05) is 13.8 Å². The van der Waals surface area contributed by atoms with E-state index in [9.17, 15) is 20.1 Å². The Morgan fingerprint density at radius 2 is 1.93 bits per heavy atom. The second-order valence-electron chi connectivity index (χ2n) is 8.00. The van der Waals surface area contributed by atoms with Crippen LogP contribution in [0.3, 0.4) is 0 Å². The van der Waals surface area contributed by atoms with E-state index in [-0.39, 0.29) is 17.9 Å². The van der Waals surface area contributed by atoms with Gasteiger partial charge in [0.25, 0.3) is 0 Å². The quantitative estimate of drug-likeness (QED) is 0.492. The molecule has 7 atom stereocenters. The van der Waals surface area contributed by atoms with E-state index in [1.54, 1.807) is 6.26 Å². The van der Waals surface area contributed by atoms with Gasteiger partial charge in [-0.25, -0.2) is 0 Å². The molecule has 0 saturated carbocycles. The van der Waals surface area contributed by atoms with Crippen LogP contribution in [0.15, 0.2) is 0 Å². The number of ether oxygens (including phenoxy) is 1. The molecule has 0 aromatic rings. The van der Waals surface area contributed by atoms with E-state index in [4.69, 9.17) is 4.74 Å². The van der Waals surface area contributed by atoms with E-state index in [0.29, 0.717) is 0 Å². The number of hydrogen-bond acceptors (Lipinski definition) is 7. The maximum Gasteiger partial charge on any atom is 0.237 e. The molecular formula is C19H36N2O5S. The molecule has 4 N–H and O–H groups in total. The van der Waals surface area contributed by atoms with E-state index in [2.05, 4.69) is 17.1 Å². The number of thioether (sulfide) groups is 1. The number of likely N-dealkylation sites (tertiary alicyclic amines) is 1. The average molecular weight is 405 g/mol. The number of aliphatic hydroxyl groups is 3. The monoisotopic (exact) mass is 404 g/mol. The third-order valence-electron chi connectivity index (χ3n) is 5.65. The zero-order chi connectivity index (χ0) is 20.1. The summed E-state index contributed by atoms with van der Waals surface area (Å²) >= 11 is 1.28. The molecule has 0 bridgehead atoms. The molecule has 0 spiro atoms. The Hall–Kier alpha value is -0.380. The van der Waals surface area contributed by atoms with Crippen molar-refractivity contribution in [3.63, 3.8) is 0 Å². The molecule has 7 nitrogen and oxygen atoms in total. The van der Waals surface area contributed by atoms with Crippen LogP contribution in [0.1, 0.15) is 46.5 Å². The van der Waals surface area contributed by atoms with Gasteiger partial charge in [0.15, 0.2) is 0 Å². The SMILES string of the molecule is CCCN1CCCCC1C(=O)NC(C(C)C)C1OC(SC)C(O)C(O)C1O. The largest absolute Gasteiger partial charge is 0.388 e. The zero-order valence-electron chi connectivity index (χ0n) is 16.9. The molecule has 158 valence electrons. The van der Waals surface area contributed by atoms with Gasteiger partial charge in [-0.3, -0.25) is 9.69 Å². The highest BCUT2D eigenvalue weighted by Crippen LogP contribution is 2.30. The number of nitrogens with zero attached hydrogens (tertiary/aromatic N) is 1. The summed E-state index contributed by atoms with van der Waals surface area (Å²) < 4.78 is 5.89. The second kappa shape index (κ2) is 10.4. The van der Waals surface area contributed by atoms with Crippen molar-refractivity contribution in [1.29, 1.82) is 0 Å². The summed E-state index contributed by atoms with van der Waals surface area (Å²) in [7, 11) is 0. The fraction of sp³-hybridized carbons (Fsp3) is 0.947. The van der Waals surface area contributed by atoms with Gasteiger partial charge in [0.05, 0.1) is 12.1 Å². The van der Waals surface area contributed by atoms with Crippen molar-refractivity contribution in [1.82, 2.24) is 10.2 Å². The van der Waals surface area contributed by atoms with E-state index in [0.717, 1.165) is 38.8 Å². The summed E-state index contributed by atoms with van der Waals surface area (Å²) in [5, 5.41) is 33.9. The first-order chi connectivity index (χ1) is 12.8. The molecule has 2 heterocycles. The number of carbonyl (C=O) groups is 1. The number of nitrogens with one attached hydrogen (secondary N) is 1. The van der Waals surface area contributed by atoms with Crippen molar-refractivity contribution in [2.75, 3.05) is 19.3 Å². The summed E-state index contributed by atoms with van der Waals surface area (Å²) in [5.74, 6) is -0.0410. The van der Waals surface area contributed by atoms with Crippen LogP contribution in [0.4, 0.5) is 0 Å². The Bertz CT molecular complexity index is 477. The predicted octanol–water partition coefficient (Wildman–Crippen LogP) is 0.562. The first-order valence-electron chi connectivity index (χ1n) is 10.1. The van der Waals surface area contributed by atoms with Crippen LogP contribution in [0.25, 0.3) is 0 Å². The van der Waals surface area contributed by atoms with Crippen LogP contribution in [-0.2, 0) is 9.53 Å². The summed E-state index contributed by atoms with van der Waals surface area (Å²) in [5.41, 5.74) is -0.641. The van der Waals surface area contributed by atoms with Crippen LogP contribution >= 0.6 is 11.8 Å². The van der Waals surface area contributed by atoms with Gasteiger partial charge in [-0.1, -0.05) is 27.2 Å². The van der Waals surface area contributed by atoms with Gasteiger partial charge in [0.1, 0.15) is 29.9 Å². The Morgan fingerprint density at radius 1 is 1.22 bits per heavy atom. The van der Waals surface area contributed by atoms with Crippen LogP contribution in [0.5, 0.6) is 0 Å². The normalized spacial score (nSPS) is 36.6. The van der Waals surface area contributed by atoms with E-state index >= 15 is 0 Å². The number of carbonyl (C=O) groups excluding carboxylic acids is 1. The lowest BCUT2D eigenvalue weighted by molar-refractivity contribution is -0.208. The van der Waals surface area contributed by atoms with E-state index < -0.39 is 35.9 Å². The van der Waals surface area contributed by atoms with Crippen LogP contribution < -0.4 is 5.32 Å². The molecule has 7 unspecified atom stereocenters. The molecule has 0 aromatic carbocycles. The van der Waals surface area contributed by atoms with Crippen molar-refractivity contribution in [3.8, 4) is 0 Å². The first kappa shape index (κ1) is 22.9. The Labute approximate surface area is 166 Å². The highest BCUT2D eigenvalue weighted by Gasteiger charge is 2.47. The third kappa shape index (κ3) is 5.36. The highest BCUT2D eigenvalue weighted by molar-refractivity contribution is 7.99. The number of hydrogen-bond donors (Lipinski definition) is 4. The van der Waals surface area contributed by atoms with Crippen molar-refractivity contribution < 1.29 is 24.9 Å². The summed E-state index contributed by atoms with van der Waals surface area (Å²) in [4.78, 5) is 15.3. The highest BCUT2D eigenvalue weighted by atomic mass is 32.2. The second-order valence-corrected chi connectivity index (χ2v) is 8.94. The van der Waals surface area contributed by atoms with Crippen LogP contribution in [-0.4, -0.2) is 87.4 Å². The van der Waals surface area contributed by atoms with Gasteiger partial charge in [0, 0.05) is 0 Å². The number of amides is 1. The van der Waals surface area contributed by atoms with Gasteiger partial charge in [-0.15, -0.1) is 11.8 Å². The lowest BCUT2D eigenvalue weighted by Gasteiger charge is -2.45. The van der Waals surface area contributed by atoms with Crippen LogP contribution in [0, 0.1) is 5.92 Å². The summed E-state index contributed by atoms with van der Waals surface area (Å²) in [6.45, 7) is 7.85. The molecule has 0 aliphatic carbocycles. The van der Waals surface area contributed by atoms with E-state index in [1.165, 1.54) is 11.8 Å². The van der Waals surface area contributed by atoms with Gasteiger partial charge < -0.3 is 25.4 Å². The molecule has 0 radical (unpaired) electrons. The molecule has 2 aliphatic heterocycles. The van der Waals surface area contributed by atoms with Gasteiger partial charge in [-0.05, 0) is 44.5 Å². The minimum absolute atomic E-state index is 0.00163. The van der Waals surface area contributed by atoms with Gasteiger partial charge in [-0.2, -0.15) is 0 Å². The molecule has 2 fully saturated rings. The molecule has 0 aromatic heterocycles. The Morgan fingerprint density at radius 3 is 2.52 bits per heavy atom. The molecule has 2 saturated heterocycles. The number of rotatable bonds is 7. The molecule has 1 amide bonds. The third-order valence-corrected chi connectivity index (χ3v) is 6.50. The van der Waals surface area contributed by atoms with Crippen molar-refractivity contribution in [2.45, 2.75) is 88.4 Å². The van der Waals surface area contributed by atoms with Crippen molar-refractivity contribution in [2.24, 2.45) is 5.92 Å². The Balaban J connectivity index is 2.13. The number of aliphatic hydroxyl groups excluding tert-OH is 3. The lowest BCUT2D eigenvalue weighted by Crippen LogP contribution is -2.65. The van der Waals surface area contributed by atoms with Crippen molar-refractivity contribution >= 4 is 17.7 Å². The molecule has 27 heavy (non-hydrogen) atoms. The van der Waals surface area contributed by atoms with Gasteiger partial charge >= 0.3 is 0 Å². The summed E-state index contributed by atoms with van der Waals surface area (Å²) in [6.07, 6.45) is 1.28. The number of piperidine rings is 1. The van der Waals surface area contributed by atoms with Crippen molar-refractivity contribution in [3.05, 3.63) is 0 Å². The van der Waals surface area contributed by atoms with Gasteiger partial charge in [0.2, 0.25) is 5.91 Å². The Kier molecular flexibility index (Phi) is 8.83. The lowest BCUT2D eigenvalue weighted by atomic mass is 9.88. The predicted molar refractivity (Wildman–Crippen MR) is 106 cm³/mol. The van der Waals surface area contributed by atoms with Crippen LogP contribution in [0.2, 0.25) is 0 Å². The first-order valence-corrected chi connectivity index (χ1v) is 11.4. The zero-order valence-corrected chi connectivity index (χ0v) is 17.7. The molecule has 2 aliphatic rings. The minimum atomic E-state index is -1.30. The standard InChI is InChI=1S/C19H36N2O5S/c1-5-9-21-10-7-6-8-12(21)18(25)20-13(11(2)3)17-15(23)14(22)16(24)19(26-17)27-4/h11-17,19,22-24H,5-10H2,1-4H3,(H,20,25). The summed E-state index contributed by atoms with van der Waals surface area (Å²) in [6, 6.07) is -0.609. The fourth-order valence-corrected chi connectivity index (χ4v) is 4.78. The minimum Gasteiger partial charge on any atom is -0.388 e. The molecule has 8 heteroatoms. The smallest absolute Gasteiger partial charge is 0.237 e. The maximum absolute atomic E-state index is 13.0. The topological polar surface area (TPSA) is 102 Å².